The lowest BCUT2D eigenvalue weighted by molar-refractivity contribution is -0.123. The van der Waals surface area contributed by atoms with Crippen molar-refractivity contribution in [2.24, 2.45) is 0 Å². The van der Waals surface area contributed by atoms with Gasteiger partial charge in [-0.25, -0.2) is 0 Å². The van der Waals surface area contributed by atoms with Crippen LogP contribution in [0.4, 0.5) is 0 Å². The summed E-state index contributed by atoms with van der Waals surface area (Å²) in [7, 11) is 0. The lowest BCUT2D eigenvalue weighted by Crippen LogP contribution is -2.49. The molecule has 1 N–H and O–H groups in total. The van der Waals surface area contributed by atoms with E-state index >= 15 is 0 Å². The van der Waals surface area contributed by atoms with E-state index in [-0.39, 0.29) is 30.1 Å². The van der Waals surface area contributed by atoms with E-state index < -0.39 is 0 Å². The zero-order chi connectivity index (χ0) is 19.0. The number of piperazine rings is 1. The maximum absolute atomic E-state index is 12.5. The van der Waals surface area contributed by atoms with Gasteiger partial charge in [0, 0.05) is 55.8 Å². The van der Waals surface area contributed by atoms with Crippen LogP contribution < -0.4 is 5.32 Å². The number of fused-ring (bicyclic) bond motifs is 1. The first-order valence-corrected chi connectivity index (χ1v) is 11.2. The number of amides is 1. The van der Waals surface area contributed by atoms with Crippen molar-refractivity contribution in [3.8, 4) is 0 Å². The second-order valence-electron chi connectivity index (χ2n) is 6.87. The number of carbonyl (C=O) groups is 2. The van der Waals surface area contributed by atoms with Crippen molar-refractivity contribution in [3.05, 3.63) is 42.9 Å². The molecular weight excluding hydrogens is 534 g/mol. The summed E-state index contributed by atoms with van der Waals surface area (Å²) < 4.78 is 6.86. The lowest BCUT2D eigenvalue weighted by Gasteiger charge is -2.34. The fourth-order valence-corrected chi connectivity index (χ4v) is 7.03. The van der Waals surface area contributed by atoms with Crippen molar-refractivity contribution >= 4 is 67.3 Å². The van der Waals surface area contributed by atoms with Gasteiger partial charge in [-0.05, 0) is 37.9 Å². The van der Waals surface area contributed by atoms with E-state index in [1.807, 2.05) is 6.07 Å². The molecule has 0 spiro atoms. The summed E-state index contributed by atoms with van der Waals surface area (Å²) in [6.45, 7) is 4.80. The van der Waals surface area contributed by atoms with Gasteiger partial charge in [-0.1, -0.05) is 0 Å². The Kier molecular flexibility index (Phi) is 7.38. The first-order valence-electron chi connectivity index (χ1n) is 8.77. The number of ketones is 1. The topological polar surface area (TPSA) is 65.8 Å². The minimum atomic E-state index is -0.237. The van der Waals surface area contributed by atoms with E-state index in [1.165, 1.54) is 16.9 Å². The van der Waals surface area contributed by atoms with Gasteiger partial charge in [0.1, 0.15) is 0 Å². The fraction of sp³-hybridized carbons (Fsp3) is 0.444. The Morgan fingerprint density at radius 3 is 2.61 bits per heavy atom. The Morgan fingerprint density at radius 1 is 1.21 bits per heavy atom. The molecule has 6 nitrogen and oxygen atoms in total. The lowest BCUT2D eigenvalue weighted by atomic mass is 10.2. The Balaban J connectivity index is 0.00000225. The molecule has 1 atom stereocenters. The van der Waals surface area contributed by atoms with Gasteiger partial charge in [0.05, 0.1) is 32.7 Å². The van der Waals surface area contributed by atoms with E-state index in [4.69, 9.17) is 4.42 Å². The largest absolute Gasteiger partial charge is 0.472 e. The van der Waals surface area contributed by atoms with Gasteiger partial charge >= 0.3 is 0 Å². The average Bonchev–Trinajstić information content (AvgIpc) is 3.30. The third-order valence-corrected chi connectivity index (χ3v) is 7.60. The molecule has 1 saturated heterocycles. The molecule has 0 saturated carbocycles. The van der Waals surface area contributed by atoms with Crippen LogP contribution in [0.2, 0.25) is 0 Å². The second kappa shape index (κ2) is 9.40. The molecule has 10 heteroatoms. The standard InChI is InChI=1S/C18H19Br2N3O3S.ClH/c19-17-15-12(7-13(24)16(15)18(20)27-17)21-14(25)9-23-4-2-22(3-5-23)8-11-1-6-26-10-11;/h1,6,10,12H,2-5,7-9H2,(H,21,25);1H. The molecule has 2 aliphatic rings. The number of rotatable bonds is 5. The van der Waals surface area contributed by atoms with Crippen LogP contribution in [-0.2, 0) is 11.3 Å². The molecule has 152 valence electrons. The number of furan rings is 1. The highest BCUT2D eigenvalue weighted by Gasteiger charge is 2.36. The van der Waals surface area contributed by atoms with Crippen molar-refractivity contribution in [1.82, 2.24) is 15.1 Å². The Morgan fingerprint density at radius 2 is 1.93 bits per heavy atom. The zero-order valence-electron chi connectivity index (χ0n) is 15.0. The SMILES string of the molecule is Cl.O=C(CN1CCN(Cc2ccoc2)CC1)NC1CC(=O)c2c(Br)sc(Br)c21. The van der Waals surface area contributed by atoms with Crippen LogP contribution in [0.15, 0.2) is 30.6 Å². The first kappa shape index (κ1) is 22.0. The second-order valence-corrected chi connectivity index (χ2v) is 10.5. The molecule has 0 bridgehead atoms. The molecule has 4 rings (SSSR count). The smallest absolute Gasteiger partial charge is 0.234 e. The van der Waals surface area contributed by atoms with Crippen molar-refractivity contribution < 1.29 is 14.0 Å². The van der Waals surface area contributed by atoms with Gasteiger partial charge in [-0.15, -0.1) is 23.7 Å². The summed E-state index contributed by atoms with van der Waals surface area (Å²) in [5, 5.41) is 3.04. The van der Waals surface area contributed by atoms with Gasteiger partial charge < -0.3 is 9.73 Å². The van der Waals surface area contributed by atoms with E-state index in [2.05, 4.69) is 47.0 Å². The Hall–Kier alpha value is -0.710. The number of hydrogen-bond donors (Lipinski definition) is 1. The number of hydrogen-bond acceptors (Lipinski definition) is 6. The van der Waals surface area contributed by atoms with Crippen LogP contribution in [0.5, 0.6) is 0 Å². The van der Waals surface area contributed by atoms with Crippen molar-refractivity contribution in [3.63, 3.8) is 0 Å². The van der Waals surface area contributed by atoms with Crippen molar-refractivity contribution in [1.29, 1.82) is 0 Å². The molecule has 28 heavy (non-hydrogen) atoms. The molecule has 2 aromatic rings. The highest BCUT2D eigenvalue weighted by atomic mass is 79.9. The van der Waals surface area contributed by atoms with Gasteiger partial charge in [0.2, 0.25) is 5.91 Å². The Bertz CT molecular complexity index is 851. The molecule has 2 aromatic heterocycles. The van der Waals surface area contributed by atoms with Crippen LogP contribution >= 0.6 is 55.6 Å². The van der Waals surface area contributed by atoms with E-state index in [9.17, 15) is 9.59 Å². The summed E-state index contributed by atoms with van der Waals surface area (Å²) in [6, 6.07) is 1.75. The third-order valence-electron chi connectivity index (χ3n) is 5.03. The summed E-state index contributed by atoms with van der Waals surface area (Å²) in [6.07, 6.45) is 3.80. The molecule has 0 radical (unpaired) electrons. The minimum absolute atomic E-state index is 0. The van der Waals surface area contributed by atoms with Gasteiger partial charge in [0.15, 0.2) is 5.78 Å². The molecule has 1 amide bonds. The molecule has 3 heterocycles. The molecule has 1 unspecified atom stereocenters. The number of Topliss-reactive ketones (excluding diaryl/α,β-unsaturated/α-hetero) is 1. The molecule has 1 fully saturated rings. The third kappa shape index (κ3) is 4.71. The number of nitrogens with zero attached hydrogens (tertiary/aromatic N) is 2. The molecule has 0 aromatic carbocycles. The predicted molar refractivity (Wildman–Crippen MR) is 117 cm³/mol. The van der Waals surface area contributed by atoms with Crippen LogP contribution in [-0.4, -0.2) is 54.2 Å². The molecule has 1 aliphatic carbocycles. The highest BCUT2D eigenvalue weighted by Crippen LogP contribution is 2.46. The van der Waals surface area contributed by atoms with Crippen LogP contribution in [0.25, 0.3) is 0 Å². The Labute approximate surface area is 190 Å². The fourth-order valence-electron chi connectivity index (χ4n) is 3.66. The van der Waals surface area contributed by atoms with Gasteiger partial charge in [0.25, 0.3) is 0 Å². The quantitative estimate of drug-likeness (QED) is 0.610. The number of carbonyl (C=O) groups excluding carboxylic acids is 2. The van der Waals surface area contributed by atoms with Crippen LogP contribution in [0.3, 0.4) is 0 Å². The van der Waals surface area contributed by atoms with Gasteiger partial charge in [-0.2, -0.15) is 0 Å². The van der Waals surface area contributed by atoms with Gasteiger partial charge in [-0.3, -0.25) is 19.4 Å². The zero-order valence-corrected chi connectivity index (χ0v) is 19.8. The van der Waals surface area contributed by atoms with Crippen molar-refractivity contribution in [2.45, 2.75) is 19.0 Å². The maximum atomic E-state index is 12.5. The van der Waals surface area contributed by atoms with Crippen molar-refractivity contribution in [2.75, 3.05) is 32.7 Å². The minimum Gasteiger partial charge on any atom is -0.472 e. The summed E-state index contributed by atoms with van der Waals surface area (Å²) in [5.41, 5.74) is 2.80. The highest BCUT2D eigenvalue weighted by molar-refractivity contribution is 9.12. The first-order chi connectivity index (χ1) is 13.0. The number of halogens is 3. The normalized spacial score (nSPS) is 20.1. The average molecular weight is 554 g/mol. The predicted octanol–water partition coefficient (Wildman–Crippen LogP) is 3.85. The monoisotopic (exact) mass is 551 g/mol. The van der Waals surface area contributed by atoms with Crippen LogP contribution in [0, 0.1) is 0 Å². The summed E-state index contributed by atoms with van der Waals surface area (Å²) >= 11 is 8.44. The molecule has 1 aliphatic heterocycles. The van der Waals surface area contributed by atoms with E-state index in [0.29, 0.717) is 18.5 Å². The summed E-state index contributed by atoms with van der Waals surface area (Å²) in [4.78, 5) is 29.3. The number of thiophene rings is 1. The molecular formula is C18H20Br2ClN3O3S. The maximum Gasteiger partial charge on any atom is 0.234 e. The number of nitrogens with one attached hydrogen (secondary N) is 1. The summed E-state index contributed by atoms with van der Waals surface area (Å²) in [5.74, 6) is 0.0511. The van der Waals surface area contributed by atoms with Crippen LogP contribution in [0.1, 0.15) is 33.9 Å². The van der Waals surface area contributed by atoms with E-state index in [1.54, 1.807) is 12.5 Å². The van der Waals surface area contributed by atoms with E-state index in [0.717, 1.165) is 45.9 Å².